The quantitative estimate of drug-likeness (QED) is 0.0276. The molecule has 0 aliphatic carbocycles. The SMILES string of the molecule is CCCCCCCCC=CCCCCCCC(CCCCCCCCCCCCCCCCCC)(C(=O)CCCCCCCCCCCCCCC)C(=O)OCC(O)CO. The van der Waals surface area contributed by atoms with E-state index in [0.29, 0.717) is 19.3 Å². The average molecular weight is 847 g/mol. The van der Waals surface area contributed by atoms with Gasteiger partial charge in [0.15, 0.2) is 0 Å². The zero-order valence-corrected chi connectivity index (χ0v) is 40.9. The number of aliphatic hydroxyl groups is 2. The molecule has 2 atom stereocenters. The van der Waals surface area contributed by atoms with Gasteiger partial charge in [-0.25, -0.2) is 0 Å². The van der Waals surface area contributed by atoms with Gasteiger partial charge in [0.25, 0.3) is 0 Å². The first-order valence-electron chi connectivity index (χ1n) is 27.1. The molecule has 60 heavy (non-hydrogen) atoms. The molecule has 0 aromatic heterocycles. The third kappa shape index (κ3) is 37.4. The Balaban J connectivity index is 5.01. The van der Waals surface area contributed by atoms with Gasteiger partial charge in [0.1, 0.15) is 23.9 Å². The van der Waals surface area contributed by atoms with Crippen LogP contribution in [0.4, 0.5) is 0 Å². The maximum Gasteiger partial charge on any atom is 0.319 e. The molecule has 0 heterocycles. The lowest BCUT2D eigenvalue weighted by Gasteiger charge is -2.31. The van der Waals surface area contributed by atoms with Crippen molar-refractivity contribution < 1.29 is 24.5 Å². The summed E-state index contributed by atoms with van der Waals surface area (Å²) in [6, 6.07) is 0. The molecule has 2 unspecified atom stereocenters. The fourth-order valence-electron chi connectivity index (χ4n) is 8.92. The Morgan fingerprint density at radius 3 is 1.03 bits per heavy atom. The maximum absolute atomic E-state index is 14.3. The largest absolute Gasteiger partial charge is 0.462 e. The number of carbonyl (C=O) groups is 2. The highest BCUT2D eigenvalue weighted by molar-refractivity contribution is 6.03. The summed E-state index contributed by atoms with van der Waals surface area (Å²) in [7, 11) is 0. The van der Waals surface area contributed by atoms with Gasteiger partial charge in [0.2, 0.25) is 0 Å². The van der Waals surface area contributed by atoms with E-state index in [2.05, 4.69) is 32.9 Å². The monoisotopic (exact) mass is 847 g/mol. The van der Waals surface area contributed by atoms with Crippen LogP contribution in [0.5, 0.6) is 0 Å². The summed E-state index contributed by atoms with van der Waals surface area (Å²) in [5.41, 5.74) is -1.14. The van der Waals surface area contributed by atoms with Crippen LogP contribution in [-0.2, 0) is 14.3 Å². The molecule has 5 heteroatoms. The van der Waals surface area contributed by atoms with E-state index in [1.807, 2.05) is 0 Å². The van der Waals surface area contributed by atoms with E-state index in [1.54, 1.807) is 0 Å². The minimum Gasteiger partial charge on any atom is -0.462 e. The van der Waals surface area contributed by atoms with Crippen molar-refractivity contribution >= 4 is 11.8 Å². The van der Waals surface area contributed by atoms with Crippen LogP contribution in [0, 0.1) is 5.41 Å². The Hall–Kier alpha value is -1.20. The van der Waals surface area contributed by atoms with Gasteiger partial charge in [-0.2, -0.15) is 0 Å². The molecule has 0 aliphatic rings. The summed E-state index contributed by atoms with van der Waals surface area (Å²) in [5, 5.41) is 19.5. The second-order valence-corrected chi connectivity index (χ2v) is 19.0. The number of ether oxygens (including phenoxy) is 1. The number of hydrogen-bond donors (Lipinski definition) is 2. The molecular weight excluding hydrogens is 741 g/mol. The molecule has 0 aromatic rings. The van der Waals surface area contributed by atoms with Crippen molar-refractivity contribution in [2.75, 3.05) is 13.2 Å². The molecule has 0 saturated heterocycles. The first kappa shape index (κ1) is 58.8. The van der Waals surface area contributed by atoms with Crippen molar-refractivity contribution in [2.45, 2.75) is 309 Å². The number of unbranched alkanes of at least 4 members (excludes halogenated alkanes) is 37. The second kappa shape index (κ2) is 47.3. The fourth-order valence-corrected chi connectivity index (χ4v) is 8.92. The second-order valence-electron chi connectivity index (χ2n) is 19.0. The number of ketones is 1. The molecule has 0 saturated carbocycles. The van der Waals surface area contributed by atoms with Crippen molar-refractivity contribution in [1.29, 1.82) is 0 Å². The van der Waals surface area contributed by atoms with E-state index in [4.69, 9.17) is 4.74 Å². The van der Waals surface area contributed by atoms with Crippen LogP contribution in [0.3, 0.4) is 0 Å². The molecule has 0 aromatic carbocycles. The third-order valence-electron chi connectivity index (χ3n) is 13.1. The molecular formula is C55H106O5. The topological polar surface area (TPSA) is 83.8 Å². The van der Waals surface area contributed by atoms with Crippen LogP contribution >= 0.6 is 0 Å². The highest BCUT2D eigenvalue weighted by Crippen LogP contribution is 2.37. The molecule has 0 radical (unpaired) electrons. The average Bonchev–Trinajstić information content (AvgIpc) is 3.26. The van der Waals surface area contributed by atoms with Gasteiger partial charge in [-0.05, 0) is 44.9 Å². The lowest BCUT2D eigenvalue weighted by atomic mass is 9.73. The van der Waals surface area contributed by atoms with Crippen LogP contribution < -0.4 is 0 Å². The van der Waals surface area contributed by atoms with Gasteiger partial charge in [-0.1, -0.05) is 264 Å². The molecule has 0 aliphatic heterocycles. The number of esters is 1. The molecule has 356 valence electrons. The first-order chi connectivity index (χ1) is 29.5. The summed E-state index contributed by atoms with van der Waals surface area (Å²) in [5.74, 6) is -0.416. The molecule has 0 rings (SSSR count). The Kier molecular flexibility index (Phi) is 46.3. The van der Waals surface area contributed by atoms with Gasteiger partial charge in [-0.3, -0.25) is 9.59 Å². The van der Waals surface area contributed by atoms with E-state index in [0.717, 1.165) is 70.6 Å². The normalized spacial score (nSPS) is 13.3. The lowest BCUT2D eigenvalue weighted by molar-refractivity contribution is -0.165. The molecule has 0 bridgehead atoms. The summed E-state index contributed by atoms with van der Waals surface area (Å²) < 4.78 is 5.67. The predicted molar refractivity (Wildman–Crippen MR) is 261 cm³/mol. The Morgan fingerprint density at radius 2 is 0.717 bits per heavy atom. The van der Waals surface area contributed by atoms with Crippen LogP contribution in [0.25, 0.3) is 0 Å². The Bertz CT molecular complexity index is 917. The zero-order chi connectivity index (χ0) is 43.9. The summed E-state index contributed by atoms with van der Waals surface area (Å²) >= 11 is 0. The smallest absolute Gasteiger partial charge is 0.319 e. The number of hydrogen-bond acceptors (Lipinski definition) is 5. The fraction of sp³-hybridized carbons (Fsp3) is 0.927. The lowest BCUT2D eigenvalue weighted by Crippen LogP contribution is -2.42. The first-order valence-corrected chi connectivity index (χ1v) is 27.1. The maximum atomic E-state index is 14.3. The third-order valence-corrected chi connectivity index (χ3v) is 13.1. The van der Waals surface area contributed by atoms with Gasteiger partial charge in [-0.15, -0.1) is 0 Å². The van der Waals surface area contributed by atoms with Crippen LogP contribution in [0.2, 0.25) is 0 Å². The minimum absolute atomic E-state index is 0.0487. The van der Waals surface area contributed by atoms with Crippen molar-refractivity contribution in [3.05, 3.63) is 12.2 Å². The number of aliphatic hydroxyl groups excluding tert-OH is 2. The summed E-state index contributed by atoms with van der Waals surface area (Å²) in [6.45, 7) is 6.11. The molecule has 0 spiro atoms. The molecule has 2 N–H and O–H groups in total. The van der Waals surface area contributed by atoms with Crippen molar-refractivity contribution in [2.24, 2.45) is 5.41 Å². The van der Waals surface area contributed by atoms with Crippen molar-refractivity contribution in [3.63, 3.8) is 0 Å². The molecule has 5 nitrogen and oxygen atoms in total. The Morgan fingerprint density at radius 1 is 0.433 bits per heavy atom. The summed E-state index contributed by atoms with van der Waals surface area (Å²) in [4.78, 5) is 28.2. The minimum atomic E-state index is -1.14. The van der Waals surface area contributed by atoms with Crippen molar-refractivity contribution in [1.82, 2.24) is 0 Å². The zero-order valence-electron chi connectivity index (χ0n) is 40.9. The summed E-state index contributed by atoms with van der Waals surface area (Å²) in [6.07, 6.45) is 56.5. The van der Waals surface area contributed by atoms with Crippen LogP contribution in [0.15, 0.2) is 12.2 Å². The van der Waals surface area contributed by atoms with Gasteiger partial charge < -0.3 is 14.9 Å². The standard InChI is InChI=1S/C55H106O5/c1-4-7-10-13-16-19-22-25-27-28-31-34-37-40-43-46-49-55(54(59)60-51-52(57)50-56,48-45-42-39-36-33-30-26-23-20-17-14-11-8-5-2)53(58)47-44-41-38-35-32-29-24-21-18-15-12-9-6-3/h26,30,52,56-57H,4-25,27-29,31-51H2,1-3H3. The predicted octanol–water partition coefficient (Wildman–Crippen LogP) is 17.2. The van der Waals surface area contributed by atoms with Crippen molar-refractivity contribution in [3.8, 4) is 0 Å². The molecule has 0 amide bonds. The highest BCUT2D eigenvalue weighted by atomic mass is 16.5. The number of Topliss-reactive ketones (excluding diaryl/α,β-unsaturated/α-hetero) is 1. The van der Waals surface area contributed by atoms with Crippen LogP contribution in [-0.4, -0.2) is 41.3 Å². The Labute approximate surface area is 375 Å². The molecule has 0 fully saturated rings. The van der Waals surface area contributed by atoms with E-state index in [9.17, 15) is 19.8 Å². The van der Waals surface area contributed by atoms with Gasteiger partial charge in [0, 0.05) is 6.42 Å². The number of rotatable bonds is 50. The van der Waals surface area contributed by atoms with E-state index < -0.39 is 24.1 Å². The van der Waals surface area contributed by atoms with Gasteiger partial charge >= 0.3 is 5.97 Å². The van der Waals surface area contributed by atoms with E-state index in [-0.39, 0.29) is 12.4 Å². The number of carbonyl (C=O) groups excluding carboxylic acids is 2. The highest BCUT2D eigenvalue weighted by Gasteiger charge is 2.45. The van der Waals surface area contributed by atoms with Crippen LogP contribution in [0.1, 0.15) is 303 Å². The van der Waals surface area contributed by atoms with E-state index in [1.165, 1.54) is 193 Å². The van der Waals surface area contributed by atoms with Gasteiger partial charge in [0.05, 0.1) is 6.61 Å². The van der Waals surface area contributed by atoms with E-state index >= 15 is 0 Å². The number of allylic oxidation sites excluding steroid dienone is 2.